The van der Waals surface area contributed by atoms with E-state index in [1.807, 2.05) is 6.07 Å². The number of fused-ring (bicyclic) bond motifs is 1. The Morgan fingerprint density at radius 1 is 1.45 bits per heavy atom. The van der Waals surface area contributed by atoms with E-state index in [0.717, 1.165) is 4.47 Å². The average molecular weight is 340 g/mol. The van der Waals surface area contributed by atoms with E-state index in [4.69, 9.17) is 5.11 Å². The molecule has 1 aromatic heterocycles. The maximum Gasteiger partial charge on any atom is 0.261 e. The molecule has 1 heterocycles. The number of aryl methyl sites for hydroxylation is 1. The quantitative estimate of drug-likeness (QED) is 0.837. The molecule has 0 saturated heterocycles. The Morgan fingerprint density at radius 2 is 2.25 bits per heavy atom. The van der Waals surface area contributed by atoms with Crippen molar-refractivity contribution >= 4 is 32.7 Å². The summed E-state index contributed by atoms with van der Waals surface area (Å²) in [6.45, 7) is 0.374. The number of aliphatic hydroxyl groups excluding tert-OH is 1. The van der Waals surface area contributed by atoms with Gasteiger partial charge in [0, 0.05) is 24.0 Å². The molecule has 0 aliphatic carbocycles. The largest absolute Gasteiger partial charge is 0.395 e. The number of amides is 1. The lowest BCUT2D eigenvalue weighted by Crippen LogP contribution is -2.29. The zero-order chi connectivity index (χ0) is 14.5. The molecule has 106 valence electrons. The third-order valence-electron chi connectivity index (χ3n) is 2.80. The highest BCUT2D eigenvalue weighted by atomic mass is 79.9. The molecule has 7 heteroatoms. The number of hydrogen-bond acceptors (Lipinski definition) is 4. The highest BCUT2D eigenvalue weighted by molar-refractivity contribution is 9.10. The van der Waals surface area contributed by atoms with Crippen molar-refractivity contribution in [1.29, 1.82) is 0 Å². The Morgan fingerprint density at radius 3 is 3.00 bits per heavy atom. The molecular weight excluding hydrogens is 326 g/mol. The van der Waals surface area contributed by atoms with E-state index in [-0.39, 0.29) is 37.6 Å². The number of aliphatic hydroxyl groups is 1. The van der Waals surface area contributed by atoms with Gasteiger partial charge in [-0.3, -0.25) is 14.2 Å². The van der Waals surface area contributed by atoms with Gasteiger partial charge < -0.3 is 10.4 Å². The van der Waals surface area contributed by atoms with Crippen LogP contribution in [0.4, 0.5) is 0 Å². The maximum atomic E-state index is 12.2. The Labute approximate surface area is 123 Å². The zero-order valence-electron chi connectivity index (χ0n) is 10.7. The summed E-state index contributed by atoms with van der Waals surface area (Å²) in [6.07, 6.45) is 1.61. The third-order valence-corrected chi connectivity index (χ3v) is 3.29. The molecule has 0 bridgehead atoms. The lowest BCUT2D eigenvalue weighted by atomic mass is 10.2. The molecule has 1 amide bonds. The summed E-state index contributed by atoms with van der Waals surface area (Å²) in [5.41, 5.74) is 0.449. The molecular formula is C13H14BrN3O3. The standard InChI is InChI=1S/C13H14BrN3O3/c14-9-1-2-11-10(7-9)13(20)17(8-16-11)5-3-12(19)15-4-6-18/h1-2,7-8,18H,3-6H2,(H,15,19). The first-order valence-corrected chi connectivity index (χ1v) is 6.93. The van der Waals surface area contributed by atoms with Gasteiger partial charge in [0.1, 0.15) is 0 Å². The van der Waals surface area contributed by atoms with Crippen LogP contribution in [0.15, 0.2) is 33.8 Å². The summed E-state index contributed by atoms with van der Waals surface area (Å²) >= 11 is 3.32. The van der Waals surface area contributed by atoms with E-state index < -0.39 is 0 Å². The van der Waals surface area contributed by atoms with Crippen molar-refractivity contribution in [3.8, 4) is 0 Å². The van der Waals surface area contributed by atoms with Gasteiger partial charge in [-0.2, -0.15) is 0 Å². The van der Waals surface area contributed by atoms with E-state index in [1.54, 1.807) is 12.1 Å². The van der Waals surface area contributed by atoms with Crippen molar-refractivity contribution in [2.75, 3.05) is 13.2 Å². The predicted molar refractivity (Wildman–Crippen MR) is 78.4 cm³/mol. The molecule has 6 nitrogen and oxygen atoms in total. The highest BCUT2D eigenvalue weighted by Crippen LogP contribution is 2.14. The summed E-state index contributed by atoms with van der Waals surface area (Å²) in [4.78, 5) is 27.9. The van der Waals surface area contributed by atoms with E-state index in [1.165, 1.54) is 10.9 Å². The first-order valence-electron chi connectivity index (χ1n) is 6.14. The van der Waals surface area contributed by atoms with E-state index in [2.05, 4.69) is 26.2 Å². The smallest absolute Gasteiger partial charge is 0.261 e. The number of rotatable bonds is 5. The Kier molecular flexibility index (Phi) is 4.86. The van der Waals surface area contributed by atoms with Gasteiger partial charge in [0.15, 0.2) is 0 Å². The van der Waals surface area contributed by atoms with Gasteiger partial charge >= 0.3 is 0 Å². The van der Waals surface area contributed by atoms with Crippen molar-refractivity contribution < 1.29 is 9.90 Å². The molecule has 0 unspecified atom stereocenters. The van der Waals surface area contributed by atoms with Gasteiger partial charge in [0.05, 0.1) is 23.8 Å². The average Bonchev–Trinajstić information content (AvgIpc) is 2.45. The topological polar surface area (TPSA) is 84.2 Å². The second-order valence-corrected chi connectivity index (χ2v) is 5.14. The number of carbonyl (C=O) groups excluding carboxylic acids is 1. The SMILES string of the molecule is O=C(CCn1cnc2ccc(Br)cc2c1=O)NCCO. The van der Waals surface area contributed by atoms with Crippen LogP contribution in [0.2, 0.25) is 0 Å². The van der Waals surface area contributed by atoms with Crippen molar-refractivity contribution in [1.82, 2.24) is 14.9 Å². The van der Waals surface area contributed by atoms with Crippen molar-refractivity contribution in [2.45, 2.75) is 13.0 Å². The zero-order valence-corrected chi connectivity index (χ0v) is 12.3. The van der Waals surface area contributed by atoms with E-state index >= 15 is 0 Å². The van der Waals surface area contributed by atoms with Crippen LogP contribution in [0.25, 0.3) is 10.9 Å². The molecule has 0 aliphatic rings. The van der Waals surface area contributed by atoms with Gasteiger partial charge in [-0.25, -0.2) is 4.98 Å². The van der Waals surface area contributed by atoms with Gasteiger partial charge in [0.25, 0.3) is 5.56 Å². The maximum absolute atomic E-state index is 12.2. The molecule has 2 N–H and O–H groups in total. The number of carbonyl (C=O) groups is 1. The predicted octanol–water partition coefficient (Wildman–Crippen LogP) is 0.658. The van der Waals surface area contributed by atoms with Crippen LogP contribution in [0, 0.1) is 0 Å². The summed E-state index contributed by atoms with van der Waals surface area (Å²) in [5.74, 6) is -0.208. The number of benzene rings is 1. The second-order valence-electron chi connectivity index (χ2n) is 4.23. The highest BCUT2D eigenvalue weighted by Gasteiger charge is 2.06. The van der Waals surface area contributed by atoms with Gasteiger partial charge in [-0.05, 0) is 18.2 Å². The number of halogens is 1. The Hall–Kier alpha value is -1.73. The lowest BCUT2D eigenvalue weighted by Gasteiger charge is -2.07. The summed E-state index contributed by atoms with van der Waals surface area (Å²) in [6, 6.07) is 5.30. The first kappa shape index (κ1) is 14.7. The first-order chi connectivity index (χ1) is 9.61. The Balaban J connectivity index is 2.17. The van der Waals surface area contributed by atoms with Crippen LogP contribution < -0.4 is 10.9 Å². The van der Waals surface area contributed by atoms with Crippen molar-refractivity contribution in [3.05, 3.63) is 39.4 Å². The molecule has 0 aliphatic heterocycles. The molecule has 0 atom stereocenters. The molecule has 1 aromatic carbocycles. The lowest BCUT2D eigenvalue weighted by molar-refractivity contribution is -0.121. The second kappa shape index (κ2) is 6.62. The van der Waals surface area contributed by atoms with Gasteiger partial charge in [0.2, 0.25) is 5.91 Å². The Bertz CT molecular complexity index is 684. The monoisotopic (exact) mass is 339 g/mol. The van der Waals surface area contributed by atoms with Gasteiger partial charge in [-0.15, -0.1) is 0 Å². The van der Waals surface area contributed by atoms with E-state index in [9.17, 15) is 9.59 Å². The number of hydrogen-bond donors (Lipinski definition) is 2. The van der Waals surface area contributed by atoms with Crippen molar-refractivity contribution in [3.63, 3.8) is 0 Å². The van der Waals surface area contributed by atoms with Crippen LogP contribution in [0.1, 0.15) is 6.42 Å². The minimum atomic E-state index is -0.208. The van der Waals surface area contributed by atoms with Crippen LogP contribution in [0.5, 0.6) is 0 Å². The molecule has 0 radical (unpaired) electrons. The molecule has 2 rings (SSSR count). The molecule has 0 fully saturated rings. The molecule has 2 aromatic rings. The molecule has 0 saturated carbocycles. The van der Waals surface area contributed by atoms with Crippen LogP contribution in [-0.2, 0) is 11.3 Å². The third kappa shape index (κ3) is 3.43. The van der Waals surface area contributed by atoms with Gasteiger partial charge in [-0.1, -0.05) is 15.9 Å². The van der Waals surface area contributed by atoms with Crippen LogP contribution in [0.3, 0.4) is 0 Å². The summed E-state index contributed by atoms with van der Waals surface area (Å²) in [5, 5.41) is 11.7. The summed E-state index contributed by atoms with van der Waals surface area (Å²) in [7, 11) is 0. The fourth-order valence-electron chi connectivity index (χ4n) is 1.80. The minimum absolute atomic E-state index is 0.1000. The molecule has 0 spiro atoms. The number of nitrogens with zero attached hydrogens (tertiary/aromatic N) is 2. The summed E-state index contributed by atoms with van der Waals surface area (Å²) < 4.78 is 2.22. The van der Waals surface area contributed by atoms with E-state index in [0.29, 0.717) is 10.9 Å². The molecule has 20 heavy (non-hydrogen) atoms. The fraction of sp³-hybridized carbons (Fsp3) is 0.308. The normalized spacial score (nSPS) is 10.7. The van der Waals surface area contributed by atoms with Crippen molar-refractivity contribution in [2.24, 2.45) is 0 Å². The van der Waals surface area contributed by atoms with Crippen LogP contribution >= 0.6 is 15.9 Å². The minimum Gasteiger partial charge on any atom is -0.395 e. The van der Waals surface area contributed by atoms with Crippen LogP contribution in [-0.4, -0.2) is 33.7 Å². The fourth-order valence-corrected chi connectivity index (χ4v) is 2.16. The number of aromatic nitrogens is 2. The number of nitrogens with one attached hydrogen (secondary N) is 1.